The van der Waals surface area contributed by atoms with Crippen LogP contribution >= 0.6 is 0 Å². The van der Waals surface area contributed by atoms with Gasteiger partial charge >= 0.3 is 17.4 Å². The van der Waals surface area contributed by atoms with E-state index in [4.69, 9.17) is 0 Å². The van der Waals surface area contributed by atoms with E-state index >= 15 is 0 Å². The minimum atomic E-state index is -5.35. The molecule has 0 saturated carbocycles. The van der Waals surface area contributed by atoms with Gasteiger partial charge in [0.1, 0.15) is 15.8 Å². The molecule has 2 aromatic rings. The van der Waals surface area contributed by atoms with E-state index in [0.717, 1.165) is 6.92 Å². The molecule has 12 nitrogen and oxygen atoms in total. The Morgan fingerprint density at radius 1 is 1.17 bits per heavy atom. The molecule has 0 aliphatic heterocycles. The van der Waals surface area contributed by atoms with Gasteiger partial charge < -0.3 is 20.1 Å². The number of carbonyl (C=O) groups is 1. The number of non-ortho nitro benzene ring substituents is 1. The van der Waals surface area contributed by atoms with Gasteiger partial charge in [0.25, 0.3) is 11.6 Å². The van der Waals surface area contributed by atoms with Gasteiger partial charge in [-0.3, -0.25) is 14.9 Å². The quantitative estimate of drug-likeness (QED) is 0.160. The normalized spacial score (nSPS) is 12.1. The molecule has 30 heavy (non-hydrogen) atoms. The summed E-state index contributed by atoms with van der Waals surface area (Å²) in [5, 5.41) is 43.7. The van der Waals surface area contributed by atoms with Crippen molar-refractivity contribution < 1.29 is 50.3 Å². The zero-order valence-corrected chi connectivity index (χ0v) is 17.1. The summed E-state index contributed by atoms with van der Waals surface area (Å²) in [6, 6.07) is 8.81. The molecular formula is C16H11CrN4O8S. The molecule has 1 radical (unpaired) electrons. The second-order valence-corrected chi connectivity index (χ2v) is 6.78. The molecule has 1 amide bonds. The topological polar surface area (TPSA) is 200 Å². The van der Waals surface area contributed by atoms with Crippen molar-refractivity contribution in [2.75, 3.05) is 5.32 Å². The van der Waals surface area contributed by atoms with Crippen molar-refractivity contribution in [3.8, 4) is 5.75 Å². The van der Waals surface area contributed by atoms with Crippen molar-refractivity contribution in [3.05, 3.63) is 64.0 Å². The molecule has 0 fully saturated rings. The van der Waals surface area contributed by atoms with Crippen LogP contribution in [0.25, 0.3) is 0 Å². The maximum atomic E-state index is 12.2. The van der Waals surface area contributed by atoms with Crippen LogP contribution in [-0.4, -0.2) is 23.8 Å². The SMILES string of the molecule is C/C([O-])=C(\N=Nc1cc([N+](=O)[O-])cc(S(=O)(=O)[O-])c1[O-])C(=O)Nc1ccccc1.[Cr+3]. The summed E-state index contributed by atoms with van der Waals surface area (Å²) >= 11 is 0. The van der Waals surface area contributed by atoms with Gasteiger partial charge in [0.05, 0.1) is 15.5 Å². The smallest absolute Gasteiger partial charge is 0.874 e. The van der Waals surface area contributed by atoms with E-state index in [1.165, 1.54) is 12.1 Å². The molecule has 1 N–H and O–H groups in total. The molecule has 2 aromatic carbocycles. The molecule has 155 valence electrons. The maximum Gasteiger partial charge on any atom is 3.00 e. The van der Waals surface area contributed by atoms with Crippen molar-refractivity contribution in [2.45, 2.75) is 11.8 Å². The van der Waals surface area contributed by atoms with E-state index in [-0.39, 0.29) is 17.4 Å². The van der Waals surface area contributed by atoms with Crippen LogP contribution in [0.3, 0.4) is 0 Å². The third kappa shape index (κ3) is 6.09. The average molecular weight is 471 g/mol. The number of allylic oxidation sites excluding steroid dienone is 1. The Hall–Kier alpha value is -3.31. The monoisotopic (exact) mass is 471 g/mol. The summed E-state index contributed by atoms with van der Waals surface area (Å²) in [7, 11) is -5.35. The van der Waals surface area contributed by atoms with E-state index in [2.05, 4.69) is 15.5 Å². The molecule has 0 unspecified atom stereocenters. The van der Waals surface area contributed by atoms with Crippen LogP contribution in [0.15, 0.2) is 69.0 Å². The predicted octanol–water partition coefficient (Wildman–Crippen LogP) is 0.884. The van der Waals surface area contributed by atoms with Crippen molar-refractivity contribution in [3.63, 3.8) is 0 Å². The van der Waals surface area contributed by atoms with E-state index in [0.29, 0.717) is 17.8 Å². The molecule has 0 heterocycles. The number of amides is 1. The number of hydrogen-bond donors (Lipinski definition) is 1. The van der Waals surface area contributed by atoms with Crippen molar-refractivity contribution in [2.24, 2.45) is 10.2 Å². The maximum absolute atomic E-state index is 12.2. The number of benzene rings is 2. The second kappa shape index (κ2) is 9.94. The van der Waals surface area contributed by atoms with Gasteiger partial charge in [0.2, 0.25) is 0 Å². The van der Waals surface area contributed by atoms with Gasteiger partial charge in [-0.2, -0.15) is 5.11 Å². The van der Waals surface area contributed by atoms with Crippen molar-refractivity contribution in [1.29, 1.82) is 0 Å². The molecule has 14 heteroatoms. The summed E-state index contributed by atoms with van der Waals surface area (Å²) in [5.41, 5.74) is -2.25. The first-order chi connectivity index (χ1) is 13.5. The van der Waals surface area contributed by atoms with Crippen molar-refractivity contribution >= 4 is 33.1 Å². The van der Waals surface area contributed by atoms with Gasteiger partial charge in [0, 0.05) is 17.8 Å². The van der Waals surface area contributed by atoms with Gasteiger partial charge in [-0.25, -0.2) is 8.42 Å². The van der Waals surface area contributed by atoms with Crippen LogP contribution in [0.2, 0.25) is 0 Å². The second-order valence-electron chi connectivity index (χ2n) is 5.43. The molecule has 0 saturated heterocycles. The zero-order chi connectivity index (χ0) is 21.8. The van der Waals surface area contributed by atoms with Gasteiger partial charge in [-0.1, -0.05) is 30.9 Å². The molecule has 0 aliphatic carbocycles. The predicted molar refractivity (Wildman–Crippen MR) is 92.8 cm³/mol. The Morgan fingerprint density at radius 3 is 2.27 bits per heavy atom. The molecule has 0 aromatic heterocycles. The van der Waals surface area contributed by atoms with Crippen LogP contribution in [-0.2, 0) is 32.3 Å². The molecule has 2 rings (SSSR count). The van der Waals surface area contributed by atoms with Crippen LogP contribution in [0.5, 0.6) is 5.75 Å². The molecular weight excluding hydrogens is 460 g/mol. The van der Waals surface area contributed by atoms with Crippen LogP contribution in [0, 0.1) is 10.1 Å². The van der Waals surface area contributed by atoms with Crippen LogP contribution < -0.4 is 15.5 Å². The summed E-state index contributed by atoms with van der Waals surface area (Å²) in [6.07, 6.45) is 0. The van der Waals surface area contributed by atoms with Crippen molar-refractivity contribution in [1.82, 2.24) is 0 Å². The first kappa shape index (κ1) is 24.7. The number of para-hydroxylation sites is 1. The minimum absolute atomic E-state index is 0. The third-order valence-electron chi connectivity index (χ3n) is 3.34. The number of azo groups is 1. The van der Waals surface area contributed by atoms with Crippen LogP contribution in [0.4, 0.5) is 17.1 Å². The fraction of sp³-hybridized carbons (Fsp3) is 0.0625. The number of nitro groups is 1. The largest absolute Gasteiger partial charge is 3.00 e. The Kier molecular flexibility index (Phi) is 8.20. The van der Waals surface area contributed by atoms with Gasteiger partial charge in [-0.15, -0.1) is 10.9 Å². The number of rotatable bonds is 6. The fourth-order valence-electron chi connectivity index (χ4n) is 2.03. The summed E-state index contributed by atoms with van der Waals surface area (Å²) in [5.74, 6) is -3.29. The summed E-state index contributed by atoms with van der Waals surface area (Å²) in [6.45, 7) is 0.984. The minimum Gasteiger partial charge on any atom is -0.874 e. The Morgan fingerprint density at radius 2 is 1.77 bits per heavy atom. The first-order valence-electron chi connectivity index (χ1n) is 7.62. The molecule has 0 spiro atoms. The number of anilines is 1. The van der Waals surface area contributed by atoms with E-state index < -0.39 is 54.4 Å². The number of nitro benzene ring substituents is 1. The Balaban J connectivity index is 0.00000450. The summed E-state index contributed by atoms with van der Waals surface area (Å²) < 4.78 is 33.5. The zero-order valence-electron chi connectivity index (χ0n) is 15.0. The molecule has 0 bridgehead atoms. The number of nitrogens with one attached hydrogen (secondary N) is 1. The van der Waals surface area contributed by atoms with Crippen LogP contribution in [0.1, 0.15) is 6.92 Å². The Bertz CT molecular complexity index is 1130. The van der Waals surface area contributed by atoms with Gasteiger partial charge in [0.15, 0.2) is 0 Å². The number of carbonyl (C=O) groups excluding carboxylic acids is 1. The Labute approximate surface area is 180 Å². The molecule has 0 atom stereocenters. The van der Waals surface area contributed by atoms with E-state index in [1.807, 2.05) is 0 Å². The third-order valence-corrected chi connectivity index (χ3v) is 4.18. The van der Waals surface area contributed by atoms with E-state index in [1.54, 1.807) is 18.2 Å². The van der Waals surface area contributed by atoms with Gasteiger partial charge in [-0.05, 0) is 12.1 Å². The standard InChI is InChI=1S/C16H14N4O8S.Cr/c1-9(21)14(16(23)17-10-5-3-2-4-6-10)19-18-12-7-11(20(24)25)8-13(15(12)22)29(26,27)28;/h2-8,21-22H,1H3,(H,17,23)(H,26,27,28);/q;+3/p-3/b14-9+,19-18?;. The average Bonchev–Trinajstić information content (AvgIpc) is 2.62. The number of hydrogen-bond acceptors (Lipinski definition) is 10. The summed E-state index contributed by atoms with van der Waals surface area (Å²) in [4.78, 5) is 20.7. The molecule has 0 aliphatic rings. The van der Waals surface area contributed by atoms with E-state index in [9.17, 15) is 38.1 Å². The number of nitrogens with zero attached hydrogens (tertiary/aromatic N) is 3. The first-order valence-corrected chi connectivity index (χ1v) is 9.03. The fourth-order valence-corrected chi connectivity index (χ4v) is 2.63.